The summed E-state index contributed by atoms with van der Waals surface area (Å²) in [4.78, 5) is 0. The topological polar surface area (TPSA) is 78.5 Å². The van der Waals surface area contributed by atoms with Gasteiger partial charge in [-0.15, -0.1) is 10.2 Å². The maximum absolute atomic E-state index is 3.99. The van der Waals surface area contributed by atoms with Gasteiger partial charge in [0.25, 0.3) is 0 Å². The SMILES string of the molecule is C1CCC(C2CCCC2NCc2nn[nH]n2)NC1. The lowest BCUT2D eigenvalue weighted by atomic mass is 9.88. The van der Waals surface area contributed by atoms with Gasteiger partial charge in [0.1, 0.15) is 0 Å². The van der Waals surface area contributed by atoms with Crippen molar-refractivity contribution in [2.45, 2.75) is 57.2 Å². The number of piperidine rings is 1. The number of aromatic amines is 1. The van der Waals surface area contributed by atoms with Gasteiger partial charge in [-0.2, -0.15) is 5.21 Å². The number of rotatable bonds is 4. The molecule has 1 aromatic heterocycles. The molecule has 2 heterocycles. The Balaban J connectivity index is 1.53. The minimum absolute atomic E-state index is 0.610. The van der Waals surface area contributed by atoms with E-state index in [0.717, 1.165) is 18.3 Å². The van der Waals surface area contributed by atoms with Crippen molar-refractivity contribution >= 4 is 0 Å². The van der Waals surface area contributed by atoms with Crippen LogP contribution in [0.15, 0.2) is 0 Å². The van der Waals surface area contributed by atoms with Crippen molar-refractivity contribution in [2.24, 2.45) is 5.92 Å². The first-order valence-electron chi connectivity index (χ1n) is 7.12. The summed E-state index contributed by atoms with van der Waals surface area (Å²) < 4.78 is 0. The second-order valence-corrected chi connectivity index (χ2v) is 5.47. The highest BCUT2D eigenvalue weighted by molar-refractivity contribution is 4.93. The third kappa shape index (κ3) is 2.70. The molecular formula is C12H22N6. The Hall–Kier alpha value is -1.01. The first-order chi connectivity index (χ1) is 8.93. The van der Waals surface area contributed by atoms with E-state index in [1.807, 2.05) is 0 Å². The number of hydrogen-bond acceptors (Lipinski definition) is 5. The van der Waals surface area contributed by atoms with Gasteiger partial charge in [-0.25, -0.2) is 0 Å². The van der Waals surface area contributed by atoms with Crippen molar-refractivity contribution in [1.29, 1.82) is 0 Å². The lowest BCUT2D eigenvalue weighted by Gasteiger charge is -2.33. The Bertz CT molecular complexity index is 345. The third-order valence-corrected chi connectivity index (χ3v) is 4.35. The monoisotopic (exact) mass is 250 g/mol. The molecule has 1 aliphatic carbocycles. The zero-order valence-corrected chi connectivity index (χ0v) is 10.7. The molecule has 3 atom stereocenters. The van der Waals surface area contributed by atoms with Crippen LogP contribution in [0.4, 0.5) is 0 Å². The summed E-state index contributed by atoms with van der Waals surface area (Å²) in [6, 6.07) is 1.32. The molecule has 100 valence electrons. The molecule has 6 heteroatoms. The van der Waals surface area contributed by atoms with Crippen LogP contribution in [-0.2, 0) is 6.54 Å². The normalized spacial score (nSPS) is 32.8. The molecule has 2 aliphatic rings. The van der Waals surface area contributed by atoms with Gasteiger partial charge < -0.3 is 10.6 Å². The highest BCUT2D eigenvalue weighted by atomic mass is 15.5. The molecule has 18 heavy (non-hydrogen) atoms. The molecule has 0 spiro atoms. The fraction of sp³-hybridized carbons (Fsp3) is 0.917. The van der Waals surface area contributed by atoms with Crippen LogP contribution in [0.3, 0.4) is 0 Å². The van der Waals surface area contributed by atoms with Gasteiger partial charge in [-0.3, -0.25) is 0 Å². The second kappa shape index (κ2) is 5.75. The zero-order chi connectivity index (χ0) is 12.2. The third-order valence-electron chi connectivity index (χ3n) is 4.35. The Morgan fingerprint density at radius 3 is 2.94 bits per heavy atom. The molecule has 1 aliphatic heterocycles. The predicted octanol–water partition coefficient (Wildman–Crippen LogP) is 0.600. The minimum Gasteiger partial charge on any atom is -0.314 e. The van der Waals surface area contributed by atoms with Crippen LogP contribution in [0, 0.1) is 5.92 Å². The highest BCUT2D eigenvalue weighted by Gasteiger charge is 2.33. The molecular weight excluding hydrogens is 228 g/mol. The van der Waals surface area contributed by atoms with Crippen LogP contribution < -0.4 is 10.6 Å². The predicted molar refractivity (Wildman–Crippen MR) is 67.8 cm³/mol. The lowest BCUT2D eigenvalue weighted by molar-refractivity contribution is 0.256. The molecule has 1 saturated heterocycles. The summed E-state index contributed by atoms with van der Waals surface area (Å²) in [6.07, 6.45) is 8.02. The summed E-state index contributed by atoms with van der Waals surface area (Å²) in [5.74, 6) is 1.54. The second-order valence-electron chi connectivity index (χ2n) is 5.47. The molecule has 0 aromatic carbocycles. The molecule has 0 bridgehead atoms. The zero-order valence-electron chi connectivity index (χ0n) is 10.7. The van der Waals surface area contributed by atoms with Crippen molar-refractivity contribution in [3.63, 3.8) is 0 Å². The van der Waals surface area contributed by atoms with Gasteiger partial charge in [0, 0.05) is 12.1 Å². The Labute approximate surface area is 107 Å². The highest BCUT2D eigenvalue weighted by Crippen LogP contribution is 2.31. The van der Waals surface area contributed by atoms with Gasteiger partial charge in [0.15, 0.2) is 5.82 Å². The Kier molecular flexibility index (Phi) is 3.85. The summed E-state index contributed by atoms with van der Waals surface area (Å²) in [5, 5.41) is 21.4. The summed E-state index contributed by atoms with van der Waals surface area (Å²) in [5.41, 5.74) is 0. The van der Waals surface area contributed by atoms with E-state index in [4.69, 9.17) is 0 Å². The number of nitrogens with one attached hydrogen (secondary N) is 3. The van der Waals surface area contributed by atoms with Crippen LogP contribution in [-0.4, -0.2) is 39.3 Å². The molecule has 3 N–H and O–H groups in total. The van der Waals surface area contributed by atoms with Crippen LogP contribution in [0.25, 0.3) is 0 Å². The van der Waals surface area contributed by atoms with Gasteiger partial charge in [0.05, 0.1) is 6.54 Å². The molecule has 3 rings (SSSR count). The van der Waals surface area contributed by atoms with E-state index in [-0.39, 0.29) is 0 Å². The first kappa shape index (κ1) is 12.0. The van der Waals surface area contributed by atoms with Crippen molar-refractivity contribution in [3.05, 3.63) is 5.82 Å². The number of aromatic nitrogens is 4. The van der Waals surface area contributed by atoms with E-state index in [1.165, 1.54) is 45.1 Å². The average molecular weight is 250 g/mol. The van der Waals surface area contributed by atoms with Crippen molar-refractivity contribution in [2.75, 3.05) is 6.54 Å². The van der Waals surface area contributed by atoms with E-state index in [0.29, 0.717) is 12.1 Å². The molecule has 1 saturated carbocycles. The van der Waals surface area contributed by atoms with Crippen molar-refractivity contribution < 1.29 is 0 Å². The van der Waals surface area contributed by atoms with E-state index in [9.17, 15) is 0 Å². The fourth-order valence-corrected chi connectivity index (χ4v) is 3.45. The van der Waals surface area contributed by atoms with Gasteiger partial charge in [-0.1, -0.05) is 18.1 Å². The number of H-pyrrole nitrogens is 1. The number of tetrazole rings is 1. The molecule has 0 radical (unpaired) electrons. The molecule has 1 aromatic rings. The van der Waals surface area contributed by atoms with Crippen LogP contribution in [0.1, 0.15) is 44.3 Å². The largest absolute Gasteiger partial charge is 0.314 e. The van der Waals surface area contributed by atoms with Crippen LogP contribution in [0.2, 0.25) is 0 Å². The summed E-state index contributed by atoms with van der Waals surface area (Å²) in [6.45, 7) is 1.92. The summed E-state index contributed by atoms with van der Waals surface area (Å²) in [7, 11) is 0. The minimum atomic E-state index is 0.610. The summed E-state index contributed by atoms with van der Waals surface area (Å²) >= 11 is 0. The quantitative estimate of drug-likeness (QED) is 0.729. The molecule has 2 fully saturated rings. The van der Waals surface area contributed by atoms with E-state index in [1.54, 1.807) is 0 Å². The van der Waals surface area contributed by atoms with E-state index in [2.05, 4.69) is 31.3 Å². The average Bonchev–Trinajstić information content (AvgIpc) is 3.09. The van der Waals surface area contributed by atoms with Gasteiger partial charge >= 0.3 is 0 Å². The van der Waals surface area contributed by atoms with Crippen molar-refractivity contribution in [1.82, 2.24) is 31.3 Å². The standard InChI is InChI=1S/C12H22N6/c1-2-7-13-10(5-1)9-4-3-6-11(9)14-8-12-15-17-18-16-12/h9-11,13-14H,1-8H2,(H,15,16,17,18). The smallest absolute Gasteiger partial charge is 0.188 e. The van der Waals surface area contributed by atoms with Crippen LogP contribution >= 0.6 is 0 Å². The maximum atomic E-state index is 3.99. The van der Waals surface area contributed by atoms with Crippen LogP contribution in [0.5, 0.6) is 0 Å². The van der Waals surface area contributed by atoms with Gasteiger partial charge in [-0.05, 0) is 38.1 Å². The van der Waals surface area contributed by atoms with E-state index >= 15 is 0 Å². The first-order valence-corrected chi connectivity index (χ1v) is 7.12. The number of hydrogen-bond donors (Lipinski definition) is 3. The molecule has 3 unspecified atom stereocenters. The fourth-order valence-electron chi connectivity index (χ4n) is 3.45. The molecule has 0 amide bonds. The number of nitrogens with zero attached hydrogens (tertiary/aromatic N) is 3. The molecule has 6 nitrogen and oxygen atoms in total. The Morgan fingerprint density at radius 2 is 2.17 bits per heavy atom. The van der Waals surface area contributed by atoms with Crippen molar-refractivity contribution in [3.8, 4) is 0 Å². The lowest BCUT2D eigenvalue weighted by Crippen LogP contribution is -2.46. The van der Waals surface area contributed by atoms with E-state index < -0.39 is 0 Å². The van der Waals surface area contributed by atoms with Gasteiger partial charge in [0.2, 0.25) is 0 Å². The maximum Gasteiger partial charge on any atom is 0.188 e. The Morgan fingerprint density at radius 1 is 1.17 bits per heavy atom.